The smallest absolute Gasteiger partial charge is 0.241 e. The first-order valence-corrected chi connectivity index (χ1v) is 6.57. The topological polar surface area (TPSA) is 12.9 Å². The Morgan fingerprint density at radius 2 is 2.00 bits per heavy atom. The molecule has 19 heavy (non-hydrogen) atoms. The molecule has 0 aliphatic carbocycles. The van der Waals surface area contributed by atoms with Crippen molar-refractivity contribution in [1.29, 1.82) is 0 Å². The second kappa shape index (κ2) is 5.09. The Morgan fingerprint density at radius 1 is 1.32 bits per heavy atom. The van der Waals surface area contributed by atoms with Crippen LogP contribution in [0.25, 0.3) is 10.6 Å². The quantitative estimate of drug-likeness (QED) is 0.561. The molecule has 0 atom stereocenters. The summed E-state index contributed by atoms with van der Waals surface area (Å²) in [5.41, 5.74) is -0.257. The lowest BCUT2D eigenvalue weighted by Crippen LogP contribution is -2.07. The van der Waals surface area contributed by atoms with Crippen molar-refractivity contribution in [2.45, 2.75) is 19.0 Å². The van der Waals surface area contributed by atoms with Gasteiger partial charge in [-0.2, -0.15) is 13.2 Å². The highest BCUT2D eigenvalue weighted by atomic mass is 35.5. The Balaban J connectivity index is 2.44. The molecule has 1 aromatic heterocycles. The number of hydrogen-bond acceptors (Lipinski definition) is 2. The highest BCUT2D eigenvalue weighted by Gasteiger charge is 2.34. The van der Waals surface area contributed by atoms with Crippen molar-refractivity contribution in [3.63, 3.8) is 0 Å². The third kappa shape index (κ3) is 2.90. The molecule has 2 rings (SSSR count). The van der Waals surface area contributed by atoms with E-state index in [4.69, 9.17) is 11.6 Å². The molecule has 0 fully saturated rings. The van der Waals surface area contributed by atoms with Crippen LogP contribution in [0.15, 0.2) is 18.2 Å². The van der Waals surface area contributed by atoms with E-state index in [9.17, 15) is 17.6 Å². The zero-order valence-electron chi connectivity index (χ0n) is 9.68. The monoisotopic (exact) mass is 309 g/mol. The summed E-state index contributed by atoms with van der Waals surface area (Å²) in [7, 11) is 0. The van der Waals surface area contributed by atoms with Gasteiger partial charge in [0.05, 0.1) is 17.1 Å². The first-order chi connectivity index (χ1) is 8.82. The van der Waals surface area contributed by atoms with E-state index in [-0.39, 0.29) is 5.88 Å². The first kappa shape index (κ1) is 14.3. The molecule has 0 spiro atoms. The van der Waals surface area contributed by atoms with Crippen LogP contribution in [-0.4, -0.2) is 4.98 Å². The average molecular weight is 310 g/mol. The second-order valence-electron chi connectivity index (χ2n) is 3.85. The van der Waals surface area contributed by atoms with Crippen LogP contribution in [0, 0.1) is 12.7 Å². The molecule has 0 bridgehead atoms. The fraction of sp³-hybridized carbons (Fsp3) is 0.250. The van der Waals surface area contributed by atoms with Crippen molar-refractivity contribution >= 4 is 22.9 Å². The van der Waals surface area contributed by atoms with Gasteiger partial charge >= 0.3 is 6.18 Å². The number of hydrogen-bond donors (Lipinski definition) is 0. The predicted octanol–water partition coefficient (Wildman–Crippen LogP) is 5.02. The standard InChI is InChI=1S/C12H8ClF4NS/c1-6-10(5-13)19-11(18-6)7-2-3-8(9(14)4-7)12(15,16)17/h2-4H,5H2,1H3. The van der Waals surface area contributed by atoms with Crippen LogP contribution < -0.4 is 0 Å². The maximum Gasteiger partial charge on any atom is 0.419 e. The van der Waals surface area contributed by atoms with Gasteiger partial charge in [-0.25, -0.2) is 9.37 Å². The number of halogens is 5. The maximum atomic E-state index is 13.5. The van der Waals surface area contributed by atoms with E-state index < -0.39 is 17.6 Å². The van der Waals surface area contributed by atoms with Gasteiger partial charge in [0, 0.05) is 10.4 Å². The first-order valence-electron chi connectivity index (χ1n) is 5.22. The molecule has 0 saturated carbocycles. The third-order valence-electron chi connectivity index (χ3n) is 2.54. The minimum atomic E-state index is -4.69. The molecule has 0 amide bonds. The highest BCUT2D eigenvalue weighted by Crippen LogP contribution is 2.35. The van der Waals surface area contributed by atoms with Crippen molar-refractivity contribution in [3.05, 3.63) is 40.2 Å². The van der Waals surface area contributed by atoms with Crippen molar-refractivity contribution in [2.24, 2.45) is 0 Å². The summed E-state index contributed by atoms with van der Waals surface area (Å²) < 4.78 is 50.8. The van der Waals surface area contributed by atoms with Crippen LogP contribution in [-0.2, 0) is 12.1 Å². The molecular weight excluding hydrogens is 302 g/mol. The van der Waals surface area contributed by atoms with E-state index >= 15 is 0 Å². The van der Waals surface area contributed by atoms with Crippen LogP contribution in [0.4, 0.5) is 17.6 Å². The zero-order chi connectivity index (χ0) is 14.2. The molecule has 7 heteroatoms. The van der Waals surface area contributed by atoms with Crippen molar-refractivity contribution in [3.8, 4) is 10.6 Å². The molecule has 0 saturated heterocycles. The van der Waals surface area contributed by atoms with Crippen LogP contribution >= 0.6 is 22.9 Å². The summed E-state index contributed by atoms with van der Waals surface area (Å²) in [4.78, 5) is 4.99. The molecule has 0 aliphatic rings. The molecule has 0 radical (unpaired) electrons. The van der Waals surface area contributed by atoms with Crippen molar-refractivity contribution in [1.82, 2.24) is 4.98 Å². The van der Waals surface area contributed by atoms with Gasteiger partial charge in [0.15, 0.2) is 0 Å². The summed E-state index contributed by atoms with van der Waals surface area (Å²) in [5, 5.41) is 0.459. The summed E-state index contributed by atoms with van der Waals surface area (Å²) >= 11 is 6.94. The van der Waals surface area contributed by atoms with Gasteiger partial charge in [0.2, 0.25) is 0 Å². The van der Waals surface area contributed by atoms with E-state index in [1.165, 1.54) is 17.4 Å². The Bertz CT molecular complexity index is 606. The van der Waals surface area contributed by atoms with Gasteiger partial charge in [-0.1, -0.05) is 6.07 Å². The fourth-order valence-electron chi connectivity index (χ4n) is 1.55. The van der Waals surface area contributed by atoms with Crippen LogP contribution in [0.2, 0.25) is 0 Å². The zero-order valence-corrected chi connectivity index (χ0v) is 11.3. The molecule has 1 nitrogen and oxygen atoms in total. The summed E-state index contributed by atoms with van der Waals surface area (Å²) in [6.45, 7) is 1.75. The maximum absolute atomic E-state index is 13.5. The normalized spacial score (nSPS) is 11.9. The molecule has 0 unspecified atom stereocenters. The Kier molecular flexibility index (Phi) is 3.82. The molecule has 1 aromatic carbocycles. The lowest BCUT2D eigenvalue weighted by atomic mass is 10.1. The highest BCUT2D eigenvalue weighted by molar-refractivity contribution is 7.15. The van der Waals surface area contributed by atoms with Gasteiger partial charge in [0.25, 0.3) is 0 Å². The Morgan fingerprint density at radius 3 is 2.47 bits per heavy atom. The molecule has 102 valence electrons. The largest absolute Gasteiger partial charge is 0.419 e. The molecule has 2 aromatic rings. The van der Waals surface area contributed by atoms with Gasteiger partial charge in [-0.15, -0.1) is 22.9 Å². The summed E-state index contributed by atoms with van der Waals surface area (Å²) in [5.74, 6) is -1.03. The number of thiazole rings is 1. The van der Waals surface area contributed by atoms with Gasteiger partial charge in [0.1, 0.15) is 10.8 Å². The second-order valence-corrected chi connectivity index (χ2v) is 5.20. The number of aryl methyl sites for hydroxylation is 1. The summed E-state index contributed by atoms with van der Waals surface area (Å²) in [6.07, 6.45) is -4.69. The minimum Gasteiger partial charge on any atom is -0.241 e. The third-order valence-corrected chi connectivity index (χ3v) is 4.17. The van der Waals surface area contributed by atoms with Crippen molar-refractivity contribution in [2.75, 3.05) is 0 Å². The van der Waals surface area contributed by atoms with E-state index in [0.717, 1.165) is 17.0 Å². The SMILES string of the molecule is Cc1nc(-c2ccc(C(F)(F)F)c(F)c2)sc1CCl. The number of alkyl halides is 4. The van der Waals surface area contributed by atoms with E-state index in [1.54, 1.807) is 6.92 Å². The van der Waals surface area contributed by atoms with Gasteiger partial charge < -0.3 is 0 Å². The van der Waals surface area contributed by atoms with E-state index in [0.29, 0.717) is 16.3 Å². The predicted molar refractivity (Wildman–Crippen MR) is 66.8 cm³/mol. The molecule has 1 heterocycles. The van der Waals surface area contributed by atoms with Crippen molar-refractivity contribution < 1.29 is 17.6 Å². The fourth-order valence-corrected chi connectivity index (χ4v) is 2.82. The number of rotatable bonds is 2. The lowest BCUT2D eigenvalue weighted by molar-refractivity contribution is -0.139. The molecule has 0 N–H and O–H groups in total. The van der Waals surface area contributed by atoms with E-state index in [2.05, 4.69) is 4.98 Å². The average Bonchev–Trinajstić information content (AvgIpc) is 2.68. The van der Waals surface area contributed by atoms with Crippen LogP contribution in [0.1, 0.15) is 16.1 Å². The summed E-state index contributed by atoms with van der Waals surface area (Å²) in [6, 6.07) is 2.78. The van der Waals surface area contributed by atoms with Gasteiger partial charge in [-0.3, -0.25) is 0 Å². The van der Waals surface area contributed by atoms with Gasteiger partial charge in [-0.05, 0) is 19.1 Å². The minimum absolute atomic E-state index is 0.270. The Hall–Kier alpha value is -1.14. The Labute approximate surface area is 115 Å². The number of aromatic nitrogens is 1. The van der Waals surface area contributed by atoms with E-state index in [1.807, 2.05) is 0 Å². The molecule has 0 aliphatic heterocycles. The van der Waals surface area contributed by atoms with Crippen LogP contribution in [0.3, 0.4) is 0 Å². The number of nitrogens with zero attached hydrogens (tertiary/aromatic N) is 1. The lowest BCUT2D eigenvalue weighted by Gasteiger charge is -2.08. The molecular formula is C12H8ClF4NS. The number of benzene rings is 1. The van der Waals surface area contributed by atoms with Crippen LogP contribution in [0.5, 0.6) is 0 Å².